The van der Waals surface area contributed by atoms with Crippen molar-refractivity contribution in [2.75, 3.05) is 20.1 Å². The number of sulfone groups is 1. The first-order valence-electron chi connectivity index (χ1n) is 10.1. The van der Waals surface area contributed by atoms with Crippen molar-refractivity contribution < 1.29 is 22.7 Å². The van der Waals surface area contributed by atoms with Crippen LogP contribution in [0.2, 0.25) is 0 Å². The number of ether oxygens (including phenoxy) is 1. The third kappa shape index (κ3) is 5.23. The van der Waals surface area contributed by atoms with Crippen LogP contribution in [0.1, 0.15) is 18.9 Å². The van der Waals surface area contributed by atoms with Gasteiger partial charge in [0.1, 0.15) is 11.9 Å². The molecule has 1 heterocycles. The fourth-order valence-electron chi connectivity index (χ4n) is 3.50. The van der Waals surface area contributed by atoms with Crippen molar-refractivity contribution in [2.45, 2.75) is 41.7 Å². The summed E-state index contributed by atoms with van der Waals surface area (Å²) in [7, 11) is -2.14. The summed E-state index contributed by atoms with van der Waals surface area (Å²) in [5.74, 6) is -0.267. The number of fused-ring (bicyclic) bond motifs is 1. The van der Waals surface area contributed by atoms with E-state index in [0.717, 1.165) is 5.56 Å². The molecule has 166 valence electrons. The summed E-state index contributed by atoms with van der Waals surface area (Å²) in [5, 5.41) is 2.54. The van der Waals surface area contributed by atoms with Gasteiger partial charge in [0, 0.05) is 13.6 Å². The highest BCUT2D eigenvalue weighted by Crippen LogP contribution is 2.32. The molecular weight excluding hydrogens is 418 g/mol. The Labute approximate surface area is 182 Å². The van der Waals surface area contributed by atoms with Gasteiger partial charge in [-0.2, -0.15) is 0 Å². The molecule has 8 nitrogen and oxygen atoms in total. The largest absolute Gasteiger partial charge is 0.489 e. The Kier molecular flexibility index (Phi) is 6.97. The number of nitrogens with two attached hydrogens (primary N) is 1. The van der Waals surface area contributed by atoms with Crippen molar-refractivity contribution >= 4 is 21.7 Å². The number of nitrogens with one attached hydrogen (secondary N) is 1. The number of aryl methyl sites for hydroxylation is 1. The third-order valence-corrected chi connectivity index (χ3v) is 7.22. The van der Waals surface area contributed by atoms with Crippen molar-refractivity contribution in [3.8, 4) is 5.75 Å². The van der Waals surface area contributed by atoms with Gasteiger partial charge in [0.15, 0.2) is 0 Å². The molecule has 1 aliphatic heterocycles. The number of rotatable bonds is 8. The first-order chi connectivity index (χ1) is 14.7. The first-order valence-corrected chi connectivity index (χ1v) is 11.5. The quantitative estimate of drug-likeness (QED) is 0.629. The average molecular weight is 446 g/mol. The average Bonchev–Trinajstić information content (AvgIpc) is 2.77. The van der Waals surface area contributed by atoms with E-state index in [1.165, 1.54) is 7.05 Å². The van der Waals surface area contributed by atoms with Gasteiger partial charge in [-0.25, -0.2) is 8.42 Å². The van der Waals surface area contributed by atoms with E-state index in [1.54, 1.807) is 60.4 Å². The monoisotopic (exact) mass is 445 g/mol. The lowest BCUT2D eigenvalue weighted by Crippen LogP contribution is -2.50. The number of primary amides is 1. The van der Waals surface area contributed by atoms with E-state index in [-0.39, 0.29) is 28.3 Å². The lowest BCUT2D eigenvalue weighted by Gasteiger charge is -2.33. The fourth-order valence-corrected chi connectivity index (χ4v) is 4.80. The Morgan fingerprint density at radius 3 is 2.55 bits per heavy atom. The number of carbonyl (C=O) groups excluding carboxylic acids is 2. The fraction of sp³-hybridized carbons (Fsp3) is 0.364. The van der Waals surface area contributed by atoms with E-state index in [9.17, 15) is 18.0 Å². The summed E-state index contributed by atoms with van der Waals surface area (Å²) in [6.07, 6.45) is 1.06. The highest BCUT2D eigenvalue weighted by molar-refractivity contribution is 7.91. The zero-order valence-corrected chi connectivity index (χ0v) is 18.4. The Morgan fingerprint density at radius 1 is 1.19 bits per heavy atom. The van der Waals surface area contributed by atoms with Gasteiger partial charge in [-0.05, 0) is 49.6 Å². The summed E-state index contributed by atoms with van der Waals surface area (Å²) < 4.78 is 32.0. The molecule has 0 aromatic heterocycles. The van der Waals surface area contributed by atoms with Crippen LogP contribution in [0.4, 0.5) is 0 Å². The summed E-state index contributed by atoms with van der Waals surface area (Å²) in [4.78, 5) is 25.6. The highest BCUT2D eigenvalue weighted by Gasteiger charge is 2.29. The Hall–Kier alpha value is -2.91. The molecule has 2 unspecified atom stereocenters. The molecule has 3 rings (SSSR count). The zero-order valence-electron chi connectivity index (χ0n) is 17.6. The molecule has 31 heavy (non-hydrogen) atoms. The molecule has 2 aromatic rings. The van der Waals surface area contributed by atoms with Crippen LogP contribution in [-0.4, -0.2) is 57.4 Å². The van der Waals surface area contributed by atoms with Crippen LogP contribution >= 0.6 is 0 Å². The SMILES string of the molecule is CNC(=O)CN(CC1CCc2ccc(S(=O)(=O)c3ccccc3)cc2O1)C(C)C(N)=O. The standard InChI is InChI=1S/C22H27N3O5S/c1-15(22(23)27)25(14-21(26)24-2)13-17-10-8-16-9-11-19(12-20(16)30-17)31(28,29)18-6-4-3-5-7-18/h3-7,9,11-12,15,17H,8,10,13-14H2,1-2H3,(H2,23,27)(H,24,26). The number of nitrogens with zero attached hydrogens (tertiary/aromatic N) is 1. The van der Waals surface area contributed by atoms with E-state index < -0.39 is 21.8 Å². The number of likely N-dealkylation sites (N-methyl/N-ethyl adjacent to an activating group) is 1. The summed E-state index contributed by atoms with van der Waals surface area (Å²) in [5.41, 5.74) is 6.36. The molecule has 2 aromatic carbocycles. The van der Waals surface area contributed by atoms with Crippen molar-refractivity contribution in [2.24, 2.45) is 5.73 Å². The lowest BCUT2D eigenvalue weighted by molar-refractivity contribution is -0.126. The molecule has 0 saturated heterocycles. The third-order valence-electron chi connectivity index (χ3n) is 5.45. The van der Waals surface area contributed by atoms with E-state index in [4.69, 9.17) is 10.5 Å². The molecule has 2 atom stereocenters. The molecule has 0 spiro atoms. The van der Waals surface area contributed by atoms with Crippen LogP contribution in [0, 0.1) is 0 Å². The van der Waals surface area contributed by atoms with Gasteiger partial charge in [-0.1, -0.05) is 24.3 Å². The molecule has 1 aliphatic rings. The van der Waals surface area contributed by atoms with Gasteiger partial charge in [-0.15, -0.1) is 0 Å². The van der Waals surface area contributed by atoms with Gasteiger partial charge < -0.3 is 15.8 Å². The van der Waals surface area contributed by atoms with Crippen LogP contribution in [0.25, 0.3) is 0 Å². The van der Waals surface area contributed by atoms with E-state index >= 15 is 0 Å². The summed E-state index contributed by atoms with van der Waals surface area (Å²) in [6.45, 7) is 1.97. The topological polar surface area (TPSA) is 119 Å². The second kappa shape index (κ2) is 9.49. The minimum absolute atomic E-state index is 0.00967. The number of benzene rings is 2. The Balaban J connectivity index is 1.81. The van der Waals surface area contributed by atoms with Gasteiger partial charge in [0.2, 0.25) is 21.7 Å². The molecule has 9 heteroatoms. The maximum Gasteiger partial charge on any atom is 0.234 e. The molecular formula is C22H27N3O5S. The smallest absolute Gasteiger partial charge is 0.234 e. The normalized spacial score (nSPS) is 16.8. The molecule has 3 N–H and O–H groups in total. The van der Waals surface area contributed by atoms with Crippen molar-refractivity contribution in [1.29, 1.82) is 0 Å². The minimum atomic E-state index is -3.66. The van der Waals surface area contributed by atoms with Gasteiger partial charge in [-0.3, -0.25) is 14.5 Å². The van der Waals surface area contributed by atoms with E-state index in [0.29, 0.717) is 25.1 Å². The number of carbonyl (C=O) groups is 2. The molecule has 0 radical (unpaired) electrons. The summed E-state index contributed by atoms with van der Waals surface area (Å²) >= 11 is 0. The van der Waals surface area contributed by atoms with Crippen LogP contribution in [0.15, 0.2) is 58.3 Å². The van der Waals surface area contributed by atoms with Crippen LogP contribution in [0.3, 0.4) is 0 Å². The van der Waals surface area contributed by atoms with Gasteiger partial charge in [0.05, 0.1) is 22.4 Å². The second-order valence-corrected chi connectivity index (χ2v) is 9.50. The Bertz CT molecular complexity index is 1060. The predicted octanol–water partition coefficient (Wildman–Crippen LogP) is 1.13. The van der Waals surface area contributed by atoms with E-state index in [1.807, 2.05) is 0 Å². The predicted molar refractivity (Wildman–Crippen MR) is 115 cm³/mol. The number of amides is 2. The van der Waals surface area contributed by atoms with Crippen molar-refractivity contribution in [3.63, 3.8) is 0 Å². The second-order valence-electron chi connectivity index (χ2n) is 7.55. The van der Waals surface area contributed by atoms with Crippen LogP contribution in [0.5, 0.6) is 5.75 Å². The molecule has 0 aliphatic carbocycles. The number of hydrogen-bond donors (Lipinski definition) is 2. The minimum Gasteiger partial charge on any atom is -0.489 e. The van der Waals surface area contributed by atoms with Gasteiger partial charge in [0.25, 0.3) is 0 Å². The number of hydrogen-bond acceptors (Lipinski definition) is 6. The van der Waals surface area contributed by atoms with Crippen molar-refractivity contribution in [1.82, 2.24) is 10.2 Å². The molecule has 2 amide bonds. The Morgan fingerprint density at radius 2 is 1.90 bits per heavy atom. The maximum atomic E-state index is 12.9. The molecule has 0 fully saturated rings. The van der Waals surface area contributed by atoms with Crippen molar-refractivity contribution in [3.05, 3.63) is 54.1 Å². The summed E-state index contributed by atoms with van der Waals surface area (Å²) in [6, 6.07) is 12.5. The van der Waals surface area contributed by atoms with Gasteiger partial charge >= 0.3 is 0 Å². The maximum absolute atomic E-state index is 12.9. The first kappa shape index (κ1) is 22.8. The van der Waals surface area contributed by atoms with Crippen LogP contribution < -0.4 is 15.8 Å². The lowest BCUT2D eigenvalue weighted by atomic mass is 10.0. The highest BCUT2D eigenvalue weighted by atomic mass is 32.2. The zero-order chi connectivity index (χ0) is 22.6. The molecule has 0 bridgehead atoms. The van der Waals surface area contributed by atoms with E-state index in [2.05, 4.69) is 5.32 Å². The van der Waals surface area contributed by atoms with Crippen LogP contribution in [-0.2, 0) is 25.8 Å². The molecule has 0 saturated carbocycles.